The second-order valence-electron chi connectivity index (χ2n) is 3.82. The lowest BCUT2D eigenvalue weighted by molar-refractivity contribution is -0.132. The van der Waals surface area contributed by atoms with Gasteiger partial charge in [-0.05, 0) is 19.3 Å². The molecule has 1 saturated carbocycles. The van der Waals surface area contributed by atoms with E-state index in [0.717, 1.165) is 12.8 Å². The normalized spacial score (nSPS) is 26.1. The summed E-state index contributed by atoms with van der Waals surface area (Å²) in [5, 5.41) is 12.1. The summed E-state index contributed by atoms with van der Waals surface area (Å²) in [5.41, 5.74) is 0.477. The van der Waals surface area contributed by atoms with Crippen molar-refractivity contribution in [1.82, 2.24) is 5.32 Å². The van der Waals surface area contributed by atoms with E-state index in [1.165, 1.54) is 0 Å². The highest BCUT2D eigenvalue weighted by Gasteiger charge is 2.27. The van der Waals surface area contributed by atoms with Crippen LogP contribution < -0.4 is 5.32 Å². The molecule has 15 heavy (non-hydrogen) atoms. The number of aliphatic carboxylic acids is 1. The van der Waals surface area contributed by atoms with Crippen LogP contribution in [0.1, 0.15) is 26.2 Å². The number of hydrogen-bond acceptors (Lipinski definition) is 3. The zero-order chi connectivity index (χ0) is 11.3. The summed E-state index contributed by atoms with van der Waals surface area (Å²) >= 11 is 0. The molecule has 1 aliphatic carbocycles. The first kappa shape index (κ1) is 12.2. The smallest absolute Gasteiger partial charge is 0.331 e. The fraction of sp³-hybridized carbons (Fsp3) is 0.727. The summed E-state index contributed by atoms with van der Waals surface area (Å²) in [6, 6.07) is 0.484. The van der Waals surface area contributed by atoms with Gasteiger partial charge in [-0.2, -0.15) is 0 Å². The van der Waals surface area contributed by atoms with Crippen molar-refractivity contribution >= 4 is 5.97 Å². The van der Waals surface area contributed by atoms with Crippen LogP contribution >= 0.6 is 0 Å². The Morgan fingerprint density at radius 2 is 2.27 bits per heavy atom. The van der Waals surface area contributed by atoms with Crippen molar-refractivity contribution in [3.63, 3.8) is 0 Å². The van der Waals surface area contributed by atoms with Crippen LogP contribution in [0.2, 0.25) is 0 Å². The van der Waals surface area contributed by atoms with E-state index in [9.17, 15) is 4.79 Å². The minimum Gasteiger partial charge on any atom is -0.478 e. The van der Waals surface area contributed by atoms with Gasteiger partial charge in [0.1, 0.15) is 0 Å². The molecule has 0 aliphatic heterocycles. The van der Waals surface area contributed by atoms with E-state index in [-0.39, 0.29) is 0 Å². The molecule has 0 unspecified atom stereocenters. The van der Waals surface area contributed by atoms with Crippen LogP contribution in [-0.2, 0) is 9.53 Å². The highest BCUT2D eigenvalue weighted by atomic mass is 16.5. The Bertz CT molecular complexity index is 244. The predicted octanol–water partition coefficient (Wildman–Crippen LogP) is 1.17. The monoisotopic (exact) mass is 213 g/mol. The van der Waals surface area contributed by atoms with Crippen LogP contribution in [0.25, 0.3) is 0 Å². The second kappa shape index (κ2) is 5.88. The molecule has 1 fully saturated rings. The molecule has 0 heterocycles. The minimum atomic E-state index is -0.817. The lowest BCUT2D eigenvalue weighted by Gasteiger charge is -2.34. The highest BCUT2D eigenvalue weighted by molar-refractivity contribution is 5.86. The first-order chi connectivity index (χ1) is 7.17. The minimum absolute atomic E-state index is 0.386. The van der Waals surface area contributed by atoms with Crippen molar-refractivity contribution in [2.75, 3.05) is 13.7 Å². The van der Waals surface area contributed by atoms with Crippen LogP contribution in [0.3, 0.4) is 0 Å². The summed E-state index contributed by atoms with van der Waals surface area (Å²) in [5.74, 6) is -0.817. The van der Waals surface area contributed by atoms with Crippen molar-refractivity contribution in [1.29, 1.82) is 0 Å². The molecule has 0 radical (unpaired) electrons. The molecule has 0 spiro atoms. The van der Waals surface area contributed by atoms with E-state index in [1.54, 1.807) is 13.2 Å². The van der Waals surface area contributed by atoms with E-state index < -0.39 is 5.97 Å². The van der Waals surface area contributed by atoms with Crippen molar-refractivity contribution in [3.05, 3.63) is 11.6 Å². The lowest BCUT2D eigenvalue weighted by Crippen LogP contribution is -2.45. The number of carboxylic acid groups (broad SMARTS) is 1. The van der Waals surface area contributed by atoms with Gasteiger partial charge in [0.2, 0.25) is 0 Å². The first-order valence-electron chi connectivity index (χ1n) is 5.35. The molecule has 0 aromatic rings. The number of carboxylic acids is 1. The van der Waals surface area contributed by atoms with Gasteiger partial charge in [-0.15, -0.1) is 0 Å². The molecule has 4 nitrogen and oxygen atoms in total. The van der Waals surface area contributed by atoms with E-state index in [0.29, 0.717) is 30.7 Å². The summed E-state index contributed by atoms with van der Waals surface area (Å²) in [4.78, 5) is 10.7. The fourth-order valence-corrected chi connectivity index (χ4v) is 1.66. The molecule has 0 amide bonds. The molecule has 0 saturated heterocycles. The largest absolute Gasteiger partial charge is 0.478 e. The quantitative estimate of drug-likeness (QED) is 0.650. The van der Waals surface area contributed by atoms with E-state index >= 15 is 0 Å². The molecule has 1 rings (SSSR count). The average Bonchev–Trinajstić information content (AvgIpc) is 2.14. The van der Waals surface area contributed by atoms with Gasteiger partial charge in [-0.3, -0.25) is 0 Å². The van der Waals surface area contributed by atoms with E-state index in [2.05, 4.69) is 5.32 Å². The topological polar surface area (TPSA) is 58.6 Å². The molecule has 0 atom stereocenters. The number of methoxy groups -OCH3 is 1. The van der Waals surface area contributed by atoms with Crippen LogP contribution in [0.5, 0.6) is 0 Å². The number of rotatable bonds is 6. The molecule has 0 aromatic heterocycles. The second-order valence-corrected chi connectivity index (χ2v) is 3.82. The lowest BCUT2D eigenvalue weighted by atomic mass is 9.89. The molecule has 0 bridgehead atoms. The Labute approximate surface area is 90.3 Å². The predicted molar refractivity (Wildman–Crippen MR) is 57.8 cm³/mol. The molecule has 4 heteroatoms. The Hall–Kier alpha value is -0.870. The van der Waals surface area contributed by atoms with Gasteiger partial charge < -0.3 is 15.2 Å². The van der Waals surface area contributed by atoms with Gasteiger partial charge in [-0.1, -0.05) is 13.0 Å². The van der Waals surface area contributed by atoms with Crippen molar-refractivity contribution in [2.45, 2.75) is 38.3 Å². The zero-order valence-electron chi connectivity index (χ0n) is 9.32. The van der Waals surface area contributed by atoms with Crippen LogP contribution in [0, 0.1) is 0 Å². The van der Waals surface area contributed by atoms with Crippen molar-refractivity contribution in [3.8, 4) is 0 Å². The summed E-state index contributed by atoms with van der Waals surface area (Å²) in [6.45, 7) is 2.49. The number of carbonyl (C=O) groups is 1. The third-order valence-corrected chi connectivity index (χ3v) is 2.84. The van der Waals surface area contributed by atoms with Crippen molar-refractivity contribution < 1.29 is 14.6 Å². The third-order valence-electron chi connectivity index (χ3n) is 2.84. The van der Waals surface area contributed by atoms with Gasteiger partial charge in [0.25, 0.3) is 0 Å². The van der Waals surface area contributed by atoms with Gasteiger partial charge in [-0.25, -0.2) is 4.79 Å². The van der Waals surface area contributed by atoms with Crippen molar-refractivity contribution in [2.24, 2.45) is 0 Å². The number of ether oxygens (including phenoxy) is 1. The van der Waals surface area contributed by atoms with E-state index in [1.807, 2.05) is 6.92 Å². The maximum atomic E-state index is 10.7. The molecule has 1 aliphatic rings. The molecule has 2 N–H and O–H groups in total. The molecular weight excluding hydrogens is 194 g/mol. The third kappa shape index (κ3) is 3.64. The number of hydrogen-bond donors (Lipinski definition) is 2. The molecule has 86 valence electrons. The summed E-state index contributed by atoms with van der Waals surface area (Å²) in [6.07, 6.45) is 4.76. The highest BCUT2D eigenvalue weighted by Crippen LogP contribution is 2.22. The molecule has 0 aromatic carbocycles. The van der Waals surface area contributed by atoms with Gasteiger partial charge >= 0.3 is 5.97 Å². The van der Waals surface area contributed by atoms with Gasteiger partial charge in [0.05, 0.1) is 6.10 Å². The maximum Gasteiger partial charge on any atom is 0.331 e. The Balaban J connectivity index is 2.18. The van der Waals surface area contributed by atoms with Crippen LogP contribution in [0.4, 0.5) is 0 Å². The summed E-state index contributed by atoms with van der Waals surface area (Å²) < 4.78 is 5.15. The van der Waals surface area contributed by atoms with E-state index in [4.69, 9.17) is 9.84 Å². The Morgan fingerprint density at radius 3 is 2.73 bits per heavy atom. The summed E-state index contributed by atoms with van der Waals surface area (Å²) in [7, 11) is 1.72. The molecular formula is C11H19NO3. The van der Waals surface area contributed by atoms with Gasteiger partial charge in [0.15, 0.2) is 0 Å². The zero-order valence-corrected chi connectivity index (χ0v) is 9.32. The SMILES string of the molecule is CCC(=CCNC1CC(OC)C1)C(=O)O. The van der Waals surface area contributed by atoms with Gasteiger partial charge in [0, 0.05) is 25.3 Å². The average molecular weight is 213 g/mol. The first-order valence-corrected chi connectivity index (χ1v) is 5.35. The van der Waals surface area contributed by atoms with Crippen LogP contribution in [-0.4, -0.2) is 36.9 Å². The fourth-order valence-electron chi connectivity index (χ4n) is 1.66. The standard InChI is InChI=1S/C11H19NO3/c1-3-8(11(13)14)4-5-12-9-6-10(7-9)15-2/h4,9-10,12H,3,5-7H2,1-2H3,(H,13,14). The maximum absolute atomic E-state index is 10.7. The van der Waals surface area contributed by atoms with Crippen LogP contribution in [0.15, 0.2) is 11.6 Å². The Morgan fingerprint density at radius 1 is 1.60 bits per heavy atom. The Kier molecular flexibility index (Phi) is 4.78. The number of nitrogens with one attached hydrogen (secondary N) is 1.